The van der Waals surface area contributed by atoms with Gasteiger partial charge in [0.05, 0.1) is 6.20 Å². The molecule has 0 fully saturated rings. The lowest BCUT2D eigenvalue weighted by Crippen LogP contribution is -2.02. The van der Waals surface area contributed by atoms with E-state index in [1.165, 1.54) is 0 Å². The van der Waals surface area contributed by atoms with E-state index in [0.717, 1.165) is 17.7 Å². The quantitative estimate of drug-likeness (QED) is 0.522. The molecule has 1 aliphatic carbocycles. The maximum absolute atomic E-state index is 11.1. The van der Waals surface area contributed by atoms with Gasteiger partial charge in [0.25, 0.3) is 0 Å². The van der Waals surface area contributed by atoms with E-state index in [1.54, 1.807) is 10.9 Å². The highest BCUT2D eigenvalue weighted by Crippen LogP contribution is 2.19. The van der Waals surface area contributed by atoms with Gasteiger partial charge in [0.15, 0.2) is 5.78 Å². The Morgan fingerprint density at radius 2 is 2.40 bits per heavy atom. The number of carbonyl (C=O) groups excluding carboxylic acids is 1. The van der Waals surface area contributed by atoms with Crippen molar-refractivity contribution in [2.45, 2.75) is 12.8 Å². The Hall–Kier alpha value is -1.12. The number of ketones is 1. The van der Waals surface area contributed by atoms with E-state index in [-0.39, 0.29) is 5.78 Å². The Balaban J connectivity index is 2.65. The van der Waals surface area contributed by atoms with Crippen LogP contribution in [0.25, 0.3) is 0 Å². The summed E-state index contributed by atoms with van der Waals surface area (Å²) >= 11 is 0. The molecule has 0 amide bonds. The van der Waals surface area contributed by atoms with Crippen LogP contribution in [0.3, 0.4) is 0 Å². The van der Waals surface area contributed by atoms with Crippen molar-refractivity contribution < 1.29 is 4.79 Å². The van der Waals surface area contributed by atoms with Gasteiger partial charge >= 0.3 is 0 Å². The van der Waals surface area contributed by atoms with Crippen LogP contribution in [0.1, 0.15) is 22.5 Å². The molecule has 0 bridgehead atoms. The van der Waals surface area contributed by atoms with E-state index in [0.29, 0.717) is 6.42 Å². The van der Waals surface area contributed by atoms with E-state index in [9.17, 15) is 4.79 Å². The largest absolute Gasteiger partial charge is 0.292 e. The Bertz CT molecular complexity index is 288. The van der Waals surface area contributed by atoms with Gasteiger partial charge in [0.1, 0.15) is 5.69 Å². The zero-order valence-electron chi connectivity index (χ0n) is 5.79. The van der Waals surface area contributed by atoms with Crippen molar-refractivity contribution in [3.8, 4) is 0 Å². The third kappa shape index (κ3) is 0.546. The van der Waals surface area contributed by atoms with Crippen LogP contribution in [-0.4, -0.2) is 15.6 Å². The van der Waals surface area contributed by atoms with Crippen molar-refractivity contribution in [1.82, 2.24) is 9.78 Å². The summed E-state index contributed by atoms with van der Waals surface area (Å²) in [6.07, 6.45) is 3.32. The molecule has 10 heavy (non-hydrogen) atoms. The maximum atomic E-state index is 11.1. The number of hydrogen-bond donors (Lipinski definition) is 0. The van der Waals surface area contributed by atoms with Crippen LogP contribution in [0.5, 0.6) is 0 Å². The number of nitrogens with zero attached hydrogens (tertiary/aromatic N) is 2. The molecule has 0 atom stereocenters. The van der Waals surface area contributed by atoms with Crippen LogP contribution in [-0.2, 0) is 13.5 Å². The second-order valence-electron chi connectivity index (χ2n) is 2.57. The van der Waals surface area contributed by atoms with Crippen LogP contribution in [0.15, 0.2) is 6.20 Å². The fourth-order valence-electron chi connectivity index (χ4n) is 1.39. The molecule has 0 aliphatic heterocycles. The highest BCUT2D eigenvalue weighted by Gasteiger charge is 2.22. The lowest BCUT2D eigenvalue weighted by Gasteiger charge is -1.92. The number of fused-ring (bicyclic) bond motifs is 1. The predicted molar refractivity (Wildman–Crippen MR) is 35.9 cm³/mol. The van der Waals surface area contributed by atoms with E-state index in [1.807, 2.05) is 7.05 Å². The Kier molecular flexibility index (Phi) is 0.952. The smallest absolute Gasteiger partial charge is 0.181 e. The van der Waals surface area contributed by atoms with Gasteiger partial charge in [-0.15, -0.1) is 0 Å². The van der Waals surface area contributed by atoms with Gasteiger partial charge in [-0.2, -0.15) is 5.10 Å². The average Bonchev–Trinajstić information content (AvgIpc) is 2.40. The summed E-state index contributed by atoms with van der Waals surface area (Å²) in [5.41, 5.74) is 1.91. The first kappa shape index (κ1) is 5.65. The van der Waals surface area contributed by atoms with Crippen LogP contribution in [0.2, 0.25) is 0 Å². The van der Waals surface area contributed by atoms with Crippen molar-refractivity contribution in [2.24, 2.45) is 7.05 Å². The lowest BCUT2D eigenvalue weighted by atomic mass is 10.3. The zero-order chi connectivity index (χ0) is 7.14. The molecule has 0 spiro atoms. The normalized spacial score (nSPS) is 15.9. The van der Waals surface area contributed by atoms with Crippen LogP contribution < -0.4 is 0 Å². The number of aryl methyl sites for hydroxylation is 2. The summed E-state index contributed by atoms with van der Waals surface area (Å²) in [5.74, 6) is 0.231. The number of carbonyl (C=O) groups is 1. The van der Waals surface area contributed by atoms with E-state index >= 15 is 0 Å². The molecule has 52 valence electrons. The molecule has 0 unspecified atom stereocenters. The van der Waals surface area contributed by atoms with Crippen molar-refractivity contribution in [3.63, 3.8) is 0 Å². The summed E-state index contributed by atoms with van der Waals surface area (Å²) in [6.45, 7) is 0. The van der Waals surface area contributed by atoms with Gasteiger partial charge in [-0.05, 0) is 6.42 Å². The second kappa shape index (κ2) is 1.68. The minimum Gasteiger partial charge on any atom is -0.292 e. The number of Topliss-reactive ketones (excluding diaryl/α,β-unsaturated/α-hetero) is 1. The third-order valence-electron chi connectivity index (χ3n) is 1.90. The van der Waals surface area contributed by atoms with Gasteiger partial charge in [0, 0.05) is 19.0 Å². The first-order chi connectivity index (χ1) is 4.79. The summed E-state index contributed by atoms with van der Waals surface area (Å²) in [4.78, 5) is 11.1. The topological polar surface area (TPSA) is 34.9 Å². The van der Waals surface area contributed by atoms with E-state index < -0.39 is 0 Å². The molecule has 0 aromatic carbocycles. The highest BCUT2D eigenvalue weighted by atomic mass is 16.1. The maximum Gasteiger partial charge on any atom is 0.181 e. The minimum atomic E-state index is 0.231. The molecule has 0 N–H and O–H groups in total. The summed E-state index contributed by atoms with van der Waals surface area (Å²) < 4.78 is 1.66. The Labute approximate surface area is 58.7 Å². The molecule has 0 saturated heterocycles. The molecule has 1 aromatic heterocycles. The van der Waals surface area contributed by atoms with Gasteiger partial charge in [0.2, 0.25) is 0 Å². The van der Waals surface area contributed by atoms with Crippen molar-refractivity contribution >= 4 is 5.78 Å². The predicted octanol–water partition coefficient (Wildman–Crippen LogP) is 0.549. The van der Waals surface area contributed by atoms with Gasteiger partial charge in [-0.1, -0.05) is 0 Å². The molecular weight excluding hydrogens is 128 g/mol. The molecule has 0 radical (unpaired) electrons. The van der Waals surface area contributed by atoms with Crippen LogP contribution >= 0.6 is 0 Å². The monoisotopic (exact) mass is 136 g/mol. The Morgan fingerprint density at radius 1 is 1.60 bits per heavy atom. The Morgan fingerprint density at radius 3 is 3.10 bits per heavy atom. The minimum absolute atomic E-state index is 0.231. The number of hydrogen-bond acceptors (Lipinski definition) is 2. The summed E-state index contributed by atoms with van der Waals surface area (Å²) in [7, 11) is 1.81. The van der Waals surface area contributed by atoms with Crippen molar-refractivity contribution in [3.05, 3.63) is 17.5 Å². The SMILES string of the molecule is Cn1ncc2c1C(=O)CC2. The van der Waals surface area contributed by atoms with E-state index in [2.05, 4.69) is 5.10 Å². The first-order valence-corrected chi connectivity index (χ1v) is 3.33. The molecule has 3 nitrogen and oxygen atoms in total. The van der Waals surface area contributed by atoms with E-state index in [4.69, 9.17) is 0 Å². The third-order valence-corrected chi connectivity index (χ3v) is 1.90. The van der Waals surface area contributed by atoms with Gasteiger partial charge in [-0.25, -0.2) is 0 Å². The average molecular weight is 136 g/mol. The standard InChI is InChI=1S/C7H8N2O/c1-9-7-5(4-8-9)2-3-6(7)10/h4H,2-3H2,1H3. The fourth-order valence-corrected chi connectivity index (χ4v) is 1.39. The number of rotatable bonds is 0. The highest BCUT2D eigenvalue weighted by molar-refractivity contribution is 5.98. The number of aromatic nitrogens is 2. The van der Waals surface area contributed by atoms with Gasteiger partial charge < -0.3 is 0 Å². The van der Waals surface area contributed by atoms with Crippen molar-refractivity contribution in [2.75, 3.05) is 0 Å². The van der Waals surface area contributed by atoms with Crippen LogP contribution in [0, 0.1) is 0 Å². The molecule has 3 heteroatoms. The lowest BCUT2D eigenvalue weighted by molar-refractivity contribution is 0.0986. The molecule has 1 heterocycles. The summed E-state index contributed by atoms with van der Waals surface area (Å²) in [6, 6.07) is 0. The van der Waals surface area contributed by atoms with Gasteiger partial charge in [-0.3, -0.25) is 9.48 Å². The second-order valence-corrected chi connectivity index (χ2v) is 2.57. The molecular formula is C7H8N2O. The molecule has 1 aliphatic rings. The first-order valence-electron chi connectivity index (χ1n) is 3.33. The zero-order valence-corrected chi connectivity index (χ0v) is 5.79. The van der Waals surface area contributed by atoms with Crippen molar-refractivity contribution in [1.29, 1.82) is 0 Å². The summed E-state index contributed by atoms with van der Waals surface area (Å²) in [5, 5.41) is 3.98. The molecule has 1 aromatic rings. The van der Waals surface area contributed by atoms with Crippen LogP contribution in [0.4, 0.5) is 0 Å². The fraction of sp³-hybridized carbons (Fsp3) is 0.429. The molecule has 2 rings (SSSR count). The molecule has 0 saturated carbocycles.